The van der Waals surface area contributed by atoms with Gasteiger partial charge in [0, 0.05) is 51.4 Å². The summed E-state index contributed by atoms with van der Waals surface area (Å²) >= 11 is 0. The Morgan fingerprint density at radius 2 is 1.70 bits per heavy atom. The van der Waals surface area contributed by atoms with Gasteiger partial charge in [0.05, 0.1) is 13.2 Å². The molecule has 1 aromatic rings. The largest absolute Gasteiger partial charge is 0.379 e. The Morgan fingerprint density at radius 3 is 2.30 bits per heavy atom. The smallest absolute Gasteiger partial charge is 0.251 e. The number of nitrogens with one attached hydrogen (secondary N) is 3. The van der Waals surface area contributed by atoms with E-state index < -0.39 is 0 Å². The normalized spacial score (nSPS) is 15.9. The minimum Gasteiger partial charge on any atom is -0.379 e. The van der Waals surface area contributed by atoms with Crippen molar-refractivity contribution in [2.24, 2.45) is 10.9 Å². The SMILES string of the molecule is CCC(CC)C(CNC(=NC)NCCNC(=O)c1ccccc1)N1CCOCC1.I. The van der Waals surface area contributed by atoms with Crippen LogP contribution in [0.4, 0.5) is 0 Å². The van der Waals surface area contributed by atoms with Crippen molar-refractivity contribution in [3.8, 4) is 0 Å². The molecule has 0 radical (unpaired) electrons. The van der Waals surface area contributed by atoms with Gasteiger partial charge in [0.2, 0.25) is 0 Å². The van der Waals surface area contributed by atoms with E-state index >= 15 is 0 Å². The summed E-state index contributed by atoms with van der Waals surface area (Å²) in [6.07, 6.45) is 2.33. The maximum absolute atomic E-state index is 12.1. The maximum Gasteiger partial charge on any atom is 0.251 e. The monoisotopic (exact) mass is 531 g/mol. The van der Waals surface area contributed by atoms with Crippen LogP contribution in [0, 0.1) is 5.92 Å². The molecule has 0 saturated carbocycles. The van der Waals surface area contributed by atoms with Crippen LogP contribution in [0.2, 0.25) is 0 Å². The topological polar surface area (TPSA) is 78.0 Å². The zero-order chi connectivity index (χ0) is 20.9. The van der Waals surface area contributed by atoms with E-state index in [1.54, 1.807) is 7.05 Å². The van der Waals surface area contributed by atoms with Gasteiger partial charge in [-0.2, -0.15) is 0 Å². The third kappa shape index (κ3) is 8.77. The van der Waals surface area contributed by atoms with Crippen molar-refractivity contribution in [3.63, 3.8) is 0 Å². The van der Waals surface area contributed by atoms with Crippen LogP contribution in [0.15, 0.2) is 35.3 Å². The highest BCUT2D eigenvalue weighted by molar-refractivity contribution is 14.0. The third-order valence-electron chi connectivity index (χ3n) is 5.55. The zero-order valence-corrected chi connectivity index (χ0v) is 20.9. The lowest BCUT2D eigenvalue weighted by Gasteiger charge is -2.39. The Balaban J connectivity index is 0.00000450. The first kappa shape index (κ1) is 26.6. The zero-order valence-electron chi connectivity index (χ0n) is 18.5. The van der Waals surface area contributed by atoms with Crippen molar-refractivity contribution in [1.82, 2.24) is 20.9 Å². The van der Waals surface area contributed by atoms with Gasteiger partial charge in [0.25, 0.3) is 5.91 Å². The number of carbonyl (C=O) groups excluding carboxylic acids is 1. The van der Waals surface area contributed by atoms with Crippen LogP contribution in [0.25, 0.3) is 0 Å². The Morgan fingerprint density at radius 1 is 1.07 bits per heavy atom. The first-order valence-corrected chi connectivity index (χ1v) is 10.8. The van der Waals surface area contributed by atoms with Gasteiger partial charge in [-0.05, 0) is 18.1 Å². The molecule has 170 valence electrons. The van der Waals surface area contributed by atoms with Crippen molar-refractivity contribution in [2.45, 2.75) is 32.7 Å². The van der Waals surface area contributed by atoms with Crippen molar-refractivity contribution in [1.29, 1.82) is 0 Å². The van der Waals surface area contributed by atoms with Gasteiger partial charge in [-0.1, -0.05) is 44.9 Å². The number of hydrogen-bond donors (Lipinski definition) is 3. The molecule has 1 aliphatic rings. The Labute approximate surface area is 198 Å². The summed E-state index contributed by atoms with van der Waals surface area (Å²) in [5, 5.41) is 9.70. The highest BCUT2D eigenvalue weighted by atomic mass is 127. The number of morpholine rings is 1. The van der Waals surface area contributed by atoms with Crippen LogP contribution < -0.4 is 16.0 Å². The second-order valence-electron chi connectivity index (χ2n) is 7.29. The molecule has 1 heterocycles. The van der Waals surface area contributed by atoms with Crippen LogP contribution in [-0.2, 0) is 4.74 Å². The van der Waals surface area contributed by atoms with Crippen LogP contribution >= 0.6 is 24.0 Å². The summed E-state index contributed by atoms with van der Waals surface area (Å²) in [6, 6.07) is 9.72. The first-order valence-electron chi connectivity index (χ1n) is 10.8. The molecular formula is C22H38IN5O2. The molecule has 0 aliphatic carbocycles. The molecule has 1 amide bonds. The number of guanidine groups is 1. The Kier molecular flexibility index (Phi) is 13.7. The lowest BCUT2D eigenvalue weighted by Crippen LogP contribution is -2.53. The molecule has 0 bridgehead atoms. The van der Waals surface area contributed by atoms with Crippen molar-refractivity contribution >= 4 is 35.8 Å². The molecule has 0 spiro atoms. The fourth-order valence-corrected chi connectivity index (χ4v) is 3.81. The van der Waals surface area contributed by atoms with E-state index in [1.165, 1.54) is 0 Å². The summed E-state index contributed by atoms with van der Waals surface area (Å²) in [5.41, 5.74) is 0.675. The van der Waals surface area contributed by atoms with E-state index in [0.29, 0.717) is 30.6 Å². The number of rotatable bonds is 10. The fraction of sp³-hybridized carbons (Fsp3) is 0.636. The summed E-state index contributed by atoms with van der Waals surface area (Å²) in [6.45, 7) is 10.1. The average Bonchev–Trinajstić information content (AvgIpc) is 2.78. The molecular weight excluding hydrogens is 493 g/mol. The Bertz CT molecular complexity index is 619. The highest BCUT2D eigenvalue weighted by Crippen LogP contribution is 2.19. The van der Waals surface area contributed by atoms with E-state index in [-0.39, 0.29) is 29.9 Å². The van der Waals surface area contributed by atoms with Crippen LogP contribution in [0.1, 0.15) is 37.0 Å². The molecule has 30 heavy (non-hydrogen) atoms. The summed E-state index contributed by atoms with van der Waals surface area (Å²) in [7, 11) is 1.78. The molecule has 1 saturated heterocycles. The molecule has 1 atom stereocenters. The van der Waals surface area contributed by atoms with Gasteiger partial charge in [0.1, 0.15) is 0 Å². The standard InChI is InChI=1S/C22H37N5O2.HI/c1-4-18(5-2)20(27-13-15-29-16-14-27)17-26-22(23-3)25-12-11-24-21(28)19-9-7-6-8-10-19;/h6-10,18,20H,4-5,11-17H2,1-3H3,(H,24,28)(H2,23,25,26);1H. The van der Waals surface area contributed by atoms with E-state index in [0.717, 1.165) is 51.6 Å². The van der Waals surface area contributed by atoms with E-state index in [2.05, 4.69) is 39.7 Å². The molecule has 1 aliphatic heterocycles. The highest BCUT2D eigenvalue weighted by Gasteiger charge is 2.26. The molecule has 1 aromatic carbocycles. The van der Waals surface area contributed by atoms with E-state index in [4.69, 9.17) is 4.74 Å². The molecule has 8 heteroatoms. The van der Waals surface area contributed by atoms with Crippen molar-refractivity contribution in [3.05, 3.63) is 35.9 Å². The van der Waals surface area contributed by atoms with Gasteiger partial charge >= 0.3 is 0 Å². The maximum atomic E-state index is 12.1. The molecule has 2 rings (SSSR count). The lowest BCUT2D eigenvalue weighted by molar-refractivity contribution is 0.00272. The lowest BCUT2D eigenvalue weighted by atomic mass is 9.92. The fourth-order valence-electron chi connectivity index (χ4n) is 3.81. The second-order valence-corrected chi connectivity index (χ2v) is 7.29. The average molecular weight is 531 g/mol. The predicted octanol–water partition coefficient (Wildman–Crippen LogP) is 2.34. The summed E-state index contributed by atoms with van der Waals surface area (Å²) in [5.74, 6) is 1.35. The summed E-state index contributed by atoms with van der Waals surface area (Å²) in [4.78, 5) is 19.0. The van der Waals surface area contributed by atoms with Crippen LogP contribution in [0.3, 0.4) is 0 Å². The molecule has 7 nitrogen and oxygen atoms in total. The number of aliphatic imine (C=N–C) groups is 1. The molecule has 0 aromatic heterocycles. The summed E-state index contributed by atoms with van der Waals surface area (Å²) < 4.78 is 5.53. The number of carbonyl (C=O) groups is 1. The van der Waals surface area contributed by atoms with Crippen LogP contribution in [-0.4, -0.2) is 75.8 Å². The number of ether oxygens (including phenoxy) is 1. The molecule has 3 N–H and O–H groups in total. The number of hydrogen-bond acceptors (Lipinski definition) is 4. The van der Waals surface area contributed by atoms with Gasteiger partial charge in [-0.3, -0.25) is 14.7 Å². The minimum absolute atomic E-state index is 0. The van der Waals surface area contributed by atoms with E-state index in [9.17, 15) is 4.79 Å². The Hall–Kier alpha value is -1.39. The van der Waals surface area contributed by atoms with Gasteiger partial charge < -0.3 is 20.7 Å². The van der Waals surface area contributed by atoms with Gasteiger partial charge in [-0.15, -0.1) is 24.0 Å². The quantitative estimate of drug-likeness (QED) is 0.187. The number of nitrogens with zero attached hydrogens (tertiary/aromatic N) is 2. The first-order chi connectivity index (χ1) is 14.2. The third-order valence-corrected chi connectivity index (χ3v) is 5.55. The number of amides is 1. The van der Waals surface area contributed by atoms with E-state index in [1.807, 2.05) is 30.3 Å². The molecule has 1 unspecified atom stereocenters. The van der Waals surface area contributed by atoms with Gasteiger partial charge in [-0.25, -0.2) is 0 Å². The van der Waals surface area contributed by atoms with Crippen molar-refractivity contribution < 1.29 is 9.53 Å². The van der Waals surface area contributed by atoms with Gasteiger partial charge in [0.15, 0.2) is 5.96 Å². The molecule has 1 fully saturated rings. The number of benzene rings is 1. The predicted molar refractivity (Wildman–Crippen MR) is 134 cm³/mol. The van der Waals surface area contributed by atoms with Crippen LogP contribution in [0.5, 0.6) is 0 Å². The second kappa shape index (κ2) is 15.4. The minimum atomic E-state index is -0.0588. The number of halogens is 1. The van der Waals surface area contributed by atoms with Crippen molar-refractivity contribution in [2.75, 3.05) is 53.0 Å².